The van der Waals surface area contributed by atoms with Gasteiger partial charge in [0.05, 0.1) is 24.8 Å². The van der Waals surface area contributed by atoms with Crippen molar-refractivity contribution in [3.63, 3.8) is 0 Å². The van der Waals surface area contributed by atoms with E-state index in [1.54, 1.807) is 0 Å². The number of aromatic nitrogens is 2. The van der Waals surface area contributed by atoms with E-state index in [2.05, 4.69) is 32.8 Å². The summed E-state index contributed by atoms with van der Waals surface area (Å²) in [6, 6.07) is 7.66. The van der Waals surface area contributed by atoms with Gasteiger partial charge >= 0.3 is 5.97 Å². The molecule has 6 heteroatoms. The molecule has 1 aromatic heterocycles. The third kappa shape index (κ3) is 7.73. The molecule has 0 amide bonds. The summed E-state index contributed by atoms with van der Waals surface area (Å²) in [5.74, 6) is 1.13. The zero-order chi connectivity index (χ0) is 21.6. The average molecular weight is 421 g/mol. The second-order valence-electron chi connectivity index (χ2n) is 8.58. The van der Waals surface area contributed by atoms with Crippen LogP contribution in [0.4, 0.5) is 0 Å². The van der Waals surface area contributed by atoms with Gasteiger partial charge in [-0.05, 0) is 55.9 Å². The molecule has 0 saturated heterocycles. The molecule has 0 bridgehead atoms. The minimum atomic E-state index is -0.816. The SMILES string of the molecule is Cc1cc(CCC(=O)O)nn1Cc1cc(Cl)ccc1OC(CC(C)C)CC(C)C. The van der Waals surface area contributed by atoms with Crippen molar-refractivity contribution >= 4 is 17.6 Å². The van der Waals surface area contributed by atoms with Crippen LogP contribution < -0.4 is 4.74 Å². The molecule has 2 aromatic rings. The third-order valence-electron chi connectivity index (χ3n) is 4.73. The summed E-state index contributed by atoms with van der Waals surface area (Å²) in [5.41, 5.74) is 2.75. The fraction of sp³-hybridized carbons (Fsp3) is 0.565. The second-order valence-corrected chi connectivity index (χ2v) is 9.02. The Bertz CT molecular complexity index is 804. The lowest BCUT2D eigenvalue weighted by Crippen LogP contribution is -2.22. The summed E-state index contributed by atoms with van der Waals surface area (Å²) < 4.78 is 8.33. The van der Waals surface area contributed by atoms with Gasteiger partial charge in [0, 0.05) is 22.7 Å². The Hall–Kier alpha value is -2.01. The maximum atomic E-state index is 10.8. The van der Waals surface area contributed by atoms with Crippen molar-refractivity contribution in [1.82, 2.24) is 9.78 Å². The maximum Gasteiger partial charge on any atom is 0.303 e. The largest absolute Gasteiger partial charge is 0.490 e. The summed E-state index contributed by atoms with van der Waals surface area (Å²) in [5, 5.41) is 14.1. The number of hydrogen-bond acceptors (Lipinski definition) is 3. The number of benzene rings is 1. The normalized spacial score (nSPS) is 11.6. The molecule has 0 aliphatic rings. The number of aliphatic carboxylic acids is 1. The van der Waals surface area contributed by atoms with Crippen LogP contribution >= 0.6 is 11.6 Å². The molecular formula is C23H33ClN2O3. The van der Waals surface area contributed by atoms with E-state index in [1.165, 1.54) is 0 Å². The molecule has 1 aromatic carbocycles. The average Bonchev–Trinajstić information content (AvgIpc) is 2.94. The molecule has 1 N–H and O–H groups in total. The number of hydrogen-bond donors (Lipinski definition) is 1. The first-order chi connectivity index (χ1) is 13.6. The van der Waals surface area contributed by atoms with Crippen molar-refractivity contribution in [2.24, 2.45) is 11.8 Å². The van der Waals surface area contributed by atoms with Crippen molar-refractivity contribution in [2.75, 3.05) is 0 Å². The quantitative estimate of drug-likeness (QED) is 0.502. The van der Waals surface area contributed by atoms with Gasteiger partial charge in [0.15, 0.2) is 0 Å². The summed E-state index contributed by atoms with van der Waals surface area (Å²) in [6.07, 6.45) is 2.65. The number of carboxylic acid groups (broad SMARTS) is 1. The summed E-state index contributed by atoms with van der Waals surface area (Å²) in [6.45, 7) is 11.4. The predicted molar refractivity (Wildman–Crippen MR) is 117 cm³/mol. The standard InChI is InChI=1S/C23H33ClN2O3/c1-15(2)10-21(11-16(3)4)29-22-8-6-19(24)13-18(22)14-26-17(5)12-20(25-26)7-9-23(27)28/h6,8,12-13,15-16,21H,7,9-11,14H2,1-5H3,(H,27,28). The zero-order valence-electron chi connectivity index (χ0n) is 18.1. The van der Waals surface area contributed by atoms with Crippen LogP contribution in [0, 0.1) is 18.8 Å². The second kappa shape index (κ2) is 10.7. The Labute approximate surface area is 179 Å². The van der Waals surface area contributed by atoms with Gasteiger partial charge in [-0.25, -0.2) is 0 Å². The molecule has 0 radical (unpaired) electrons. The Morgan fingerprint density at radius 2 is 1.83 bits per heavy atom. The highest BCUT2D eigenvalue weighted by atomic mass is 35.5. The van der Waals surface area contributed by atoms with Crippen molar-refractivity contribution in [1.29, 1.82) is 0 Å². The highest BCUT2D eigenvalue weighted by molar-refractivity contribution is 6.30. The number of carboxylic acids is 1. The van der Waals surface area contributed by atoms with Gasteiger partial charge in [-0.15, -0.1) is 0 Å². The van der Waals surface area contributed by atoms with E-state index in [0.29, 0.717) is 29.8 Å². The van der Waals surface area contributed by atoms with Gasteiger partial charge in [0.2, 0.25) is 0 Å². The van der Waals surface area contributed by atoms with E-state index in [1.807, 2.05) is 35.9 Å². The van der Waals surface area contributed by atoms with Crippen LogP contribution in [0.25, 0.3) is 0 Å². The molecule has 0 aliphatic heterocycles. The number of ether oxygens (including phenoxy) is 1. The zero-order valence-corrected chi connectivity index (χ0v) is 18.9. The lowest BCUT2D eigenvalue weighted by Gasteiger charge is -2.24. The summed E-state index contributed by atoms with van der Waals surface area (Å²) >= 11 is 6.27. The van der Waals surface area contributed by atoms with E-state index < -0.39 is 5.97 Å². The first-order valence-corrected chi connectivity index (χ1v) is 10.7. The molecule has 2 rings (SSSR count). The van der Waals surface area contributed by atoms with E-state index in [9.17, 15) is 4.79 Å². The Morgan fingerprint density at radius 1 is 1.17 bits per heavy atom. The third-order valence-corrected chi connectivity index (χ3v) is 4.97. The van der Waals surface area contributed by atoms with E-state index in [4.69, 9.17) is 21.4 Å². The van der Waals surface area contributed by atoms with E-state index in [-0.39, 0.29) is 12.5 Å². The van der Waals surface area contributed by atoms with Gasteiger partial charge in [-0.1, -0.05) is 39.3 Å². The summed E-state index contributed by atoms with van der Waals surface area (Å²) in [7, 11) is 0. The van der Waals surface area contributed by atoms with Crippen molar-refractivity contribution < 1.29 is 14.6 Å². The number of halogens is 1. The minimum absolute atomic E-state index is 0.0774. The molecule has 29 heavy (non-hydrogen) atoms. The lowest BCUT2D eigenvalue weighted by molar-refractivity contribution is -0.136. The predicted octanol–water partition coefficient (Wildman–Crippen LogP) is 5.75. The Kier molecular flexibility index (Phi) is 8.57. The number of aryl methyl sites for hydroxylation is 2. The minimum Gasteiger partial charge on any atom is -0.490 e. The van der Waals surface area contributed by atoms with E-state index in [0.717, 1.165) is 35.5 Å². The highest BCUT2D eigenvalue weighted by Crippen LogP contribution is 2.28. The van der Waals surface area contributed by atoms with Gasteiger partial charge in [-0.2, -0.15) is 5.10 Å². The molecule has 160 valence electrons. The molecule has 0 atom stereocenters. The Morgan fingerprint density at radius 3 is 2.41 bits per heavy atom. The molecule has 0 saturated carbocycles. The van der Waals surface area contributed by atoms with Crippen LogP contribution in [0.15, 0.2) is 24.3 Å². The number of rotatable bonds is 11. The van der Waals surface area contributed by atoms with Crippen molar-refractivity contribution in [3.8, 4) is 5.75 Å². The van der Waals surface area contributed by atoms with Crippen molar-refractivity contribution in [3.05, 3.63) is 46.2 Å². The van der Waals surface area contributed by atoms with Gasteiger partial charge in [-0.3, -0.25) is 9.48 Å². The van der Waals surface area contributed by atoms with Crippen LogP contribution in [0.1, 0.15) is 63.9 Å². The van der Waals surface area contributed by atoms with Gasteiger partial charge in [0.25, 0.3) is 0 Å². The molecule has 0 spiro atoms. The molecule has 0 aliphatic carbocycles. The van der Waals surface area contributed by atoms with E-state index >= 15 is 0 Å². The number of carbonyl (C=O) groups is 1. The fourth-order valence-electron chi connectivity index (χ4n) is 3.47. The van der Waals surface area contributed by atoms with Gasteiger partial charge < -0.3 is 9.84 Å². The first-order valence-electron chi connectivity index (χ1n) is 10.3. The molecule has 0 unspecified atom stereocenters. The molecular weight excluding hydrogens is 388 g/mol. The lowest BCUT2D eigenvalue weighted by atomic mass is 9.98. The van der Waals surface area contributed by atoms with Crippen molar-refractivity contribution in [2.45, 2.75) is 73.0 Å². The topological polar surface area (TPSA) is 64.3 Å². The Balaban J connectivity index is 2.22. The van der Waals surface area contributed by atoms with Crippen LogP contribution in [0.3, 0.4) is 0 Å². The van der Waals surface area contributed by atoms with Crippen LogP contribution in [-0.4, -0.2) is 27.0 Å². The van der Waals surface area contributed by atoms with Crippen LogP contribution in [0.2, 0.25) is 5.02 Å². The smallest absolute Gasteiger partial charge is 0.303 e. The summed E-state index contributed by atoms with van der Waals surface area (Å²) in [4.78, 5) is 10.8. The maximum absolute atomic E-state index is 10.8. The highest BCUT2D eigenvalue weighted by Gasteiger charge is 2.18. The molecule has 0 fully saturated rings. The first kappa shape index (κ1) is 23.3. The molecule has 1 heterocycles. The number of nitrogens with zero attached hydrogens (tertiary/aromatic N) is 2. The fourth-order valence-corrected chi connectivity index (χ4v) is 3.66. The van der Waals surface area contributed by atoms with Gasteiger partial charge in [0.1, 0.15) is 5.75 Å². The van der Waals surface area contributed by atoms with Crippen LogP contribution in [0.5, 0.6) is 5.75 Å². The molecule has 5 nitrogen and oxygen atoms in total. The van der Waals surface area contributed by atoms with Crippen LogP contribution in [-0.2, 0) is 17.8 Å². The monoisotopic (exact) mass is 420 g/mol.